The summed E-state index contributed by atoms with van der Waals surface area (Å²) in [6, 6.07) is 14.9. The van der Waals surface area contributed by atoms with E-state index in [2.05, 4.69) is 4.98 Å². The summed E-state index contributed by atoms with van der Waals surface area (Å²) in [5.41, 5.74) is 2.69. The quantitative estimate of drug-likeness (QED) is 0.678. The molecule has 0 radical (unpaired) electrons. The van der Waals surface area contributed by atoms with E-state index in [1.807, 2.05) is 43.3 Å². The minimum Gasteiger partial charge on any atom is -0.496 e. The highest BCUT2D eigenvalue weighted by molar-refractivity contribution is 5.97. The Kier molecular flexibility index (Phi) is 5.86. The van der Waals surface area contributed by atoms with E-state index < -0.39 is 0 Å². The Balaban J connectivity index is 1.69. The zero-order chi connectivity index (χ0) is 21.1. The smallest absolute Gasteiger partial charge is 0.258 e. The highest BCUT2D eigenvalue weighted by atomic mass is 16.5. The first kappa shape index (κ1) is 20.2. The average molecular weight is 406 g/mol. The molecule has 3 aromatic rings. The average Bonchev–Trinajstić information content (AvgIpc) is 3.27. The molecule has 1 saturated heterocycles. The minimum atomic E-state index is -0.179. The number of benzene rings is 2. The van der Waals surface area contributed by atoms with E-state index in [9.17, 15) is 9.59 Å². The van der Waals surface area contributed by atoms with Crippen molar-refractivity contribution in [2.24, 2.45) is 0 Å². The van der Waals surface area contributed by atoms with E-state index in [1.165, 1.54) is 0 Å². The molecule has 1 amide bonds. The molecule has 6 heteroatoms. The van der Waals surface area contributed by atoms with Crippen molar-refractivity contribution in [2.75, 3.05) is 20.3 Å². The molecule has 1 N–H and O–H groups in total. The number of ether oxygens (including phenoxy) is 2. The van der Waals surface area contributed by atoms with Gasteiger partial charge in [-0.3, -0.25) is 9.59 Å². The van der Waals surface area contributed by atoms with Crippen LogP contribution in [0.25, 0.3) is 10.9 Å². The number of aromatic nitrogens is 1. The van der Waals surface area contributed by atoms with Crippen molar-refractivity contribution in [3.05, 3.63) is 75.6 Å². The summed E-state index contributed by atoms with van der Waals surface area (Å²) in [6.07, 6.45) is 1.87. The lowest BCUT2D eigenvalue weighted by Gasteiger charge is -2.26. The number of carbonyl (C=O) groups excluding carboxylic acids is 1. The lowest BCUT2D eigenvalue weighted by molar-refractivity contribution is 0.0504. The molecule has 1 atom stereocenters. The summed E-state index contributed by atoms with van der Waals surface area (Å²) in [6.45, 7) is 3.31. The minimum absolute atomic E-state index is 0.0227. The zero-order valence-corrected chi connectivity index (χ0v) is 17.3. The van der Waals surface area contributed by atoms with Gasteiger partial charge in [0.15, 0.2) is 0 Å². The van der Waals surface area contributed by atoms with Crippen LogP contribution < -0.4 is 10.3 Å². The van der Waals surface area contributed by atoms with Gasteiger partial charge in [0.25, 0.3) is 11.5 Å². The predicted molar refractivity (Wildman–Crippen MR) is 116 cm³/mol. The molecule has 1 aliphatic rings. The fourth-order valence-electron chi connectivity index (χ4n) is 4.00. The zero-order valence-electron chi connectivity index (χ0n) is 17.3. The monoisotopic (exact) mass is 406 g/mol. The van der Waals surface area contributed by atoms with Crippen molar-refractivity contribution in [3.8, 4) is 5.75 Å². The number of nitrogens with zero attached hydrogens (tertiary/aromatic N) is 1. The van der Waals surface area contributed by atoms with Crippen LogP contribution in [0.15, 0.2) is 53.3 Å². The van der Waals surface area contributed by atoms with Crippen LogP contribution in [0, 0.1) is 6.92 Å². The van der Waals surface area contributed by atoms with Crippen molar-refractivity contribution in [3.63, 3.8) is 0 Å². The predicted octanol–water partition coefficient (Wildman–Crippen LogP) is 3.67. The molecule has 0 spiro atoms. The van der Waals surface area contributed by atoms with Gasteiger partial charge in [-0.25, -0.2) is 0 Å². The summed E-state index contributed by atoms with van der Waals surface area (Å²) in [5, 5.41) is 0.950. The molecule has 0 aliphatic carbocycles. The molecule has 156 valence electrons. The number of pyridine rings is 1. The van der Waals surface area contributed by atoms with Gasteiger partial charge in [-0.1, -0.05) is 30.3 Å². The highest BCUT2D eigenvalue weighted by Crippen LogP contribution is 2.23. The lowest BCUT2D eigenvalue weighted by Crippen LogP contribution is -2.38. The van der Waals surface area contributed by atoms with Crippen LogP contribution in [0.5, 0.6) is 5.75 Å². The van der Waals surface area contributed by atoms with Crippen LogP contribution in [0.2, 0.25) is 0 Å². The van der Waals surface area contributed by atoms with E-state index in [0.717, 1.165) is 29.3 Å². The van der Waals surface area contributed by atoms with Gasteiger partial charge in [0, 0.05) is 18.7 Å². The maximum absolute atomic E-state index is 13.4. The first-order valence-corrected chi connectivity index (χ1v) is 10.2. The molecule has 30 heavy (non-hydrogen) atoms. The summed E-state index contributed by atoms with van der Waals surface area (Å²) >= 11 is 0. The number of fused-ring (bicyclic) bond motifs is 1. The molecule has 0 unspecified atom stereocenters. The number of carbonyl (C=O) groups is 1. The van der Waals surface area contributed by atoms with E-state index in [1.54, 1.807) is 24.1 Å². The number of hydrogen-bond acceptors (Lipinski definition) is 4. The van der Waals surface area contributed by atoms with Crippen molar-refractivity contribution in [1.82, 2.24) is 9.88 Å². The molecular weight excluding hydrogens is 380 g/mol. The van der Waals surface area contributed by atoms with Gasteiger partial charge in [-0.2, -0.15) is 0 Å². The first-order valence-electron chi connectivity index (χ1n) is 10.2. The second-order valence-electron chi connectivity index (χ2n) is 7.68. The van der Waals surface area contributed by atoms with Crippen LogP contribution in [-0.4, -0.2) is 42.2 Å². The molecule has 2 heterocycles. The van der Waals surface area contributed by atoms with Gasteiger partial charge >= 0.3 is 0 Å². The molecule has 1 aliphatic heterocycles. The molecule has 4 rings (SSSR count). The summed E-state index contributed by atoms with van der Waals surface area (Å²) in [7, 11) is 1.55. The van der Waals surface area contributed by atoms with Crippen LogP contribution in [0.1, 0.15) is 34.3 Å². The summed E-state index contributed by atoms with van der Waals surface area (Å²) in [5.74, 6) is 0.342. The van der Waals surface area contributed by atoms with E-state index in [4.69, 9.17) is 9.47 Å². The second-order valence-corrected chi connectivity index (χ2v) is 7.68. The number of hydrogen-bond donors (Lipinski definition) is 1. The Morgan fingerprint density at radius 1 is 1.23 bits per heavy atom. The van der Waals surface area contributed by atoms with E-state index in [0.29, 0.717) is 30.0 Å². The SMILES string of the molecule is COc1ccccc1C(=O)N(Cc1cc2cccc(C)c2[nH]c1=O)C[C@@H]1CCCO1. The van der Waals surface area contributed by atoms with Gasteiger partial charge < -0.3 is 19.4 Å². The summed E-state index contributed by atoms with van der Waals surface area (Å²) < 4.78 is 11.2. The van der Waals surface area contributed by atoms with E-state index in [-0.39, 0.29) is 24.1 Å². The van der Waals surface area contributed by atoms with Crippen molar-refractivity contribution in [1.29, 1.82) is 0 Å². The number of methoxy groups -OCH3 is 1. The van der Waals surface area contributed by atoms with Crippen LogP contribution >= 0.6 is 0 Å². The van der Waals surface area contributed by atoms with Crippen LogP contribution in [0.3, 0.4) is 0 Å². The third kappa shape index (κ3) is 4.09. The number of aromatic amines is 1. The Morgan fingerprint density at radius 2 is 2.07 bits per heavy atom. The number of H-pyrrole nitrogens is 1. The molecular formula is C24H26N2O4. The first-order chi connectivity index (χ1) is 14.6. The Bertz CT molecular complexity index is 1120. The molecule has 0 bridgehead atoms. The molecule has 6 nitrogen and oxygen atoms in total. The largest absolute Gasteiger partial charge is 0.496 e. The van der Waals surface area contributed by atoms with Crippen LogP contribution in [-0.2, 0) is 11.3 Å². The molecule has 2 aromatic carbocycles. The number of rotatable bonds is 6. The normalized spacial score (nSPS) is 16.0. The van der Waals surface area contributed by atoms with Crippen molar-refractivity contribution >= 4 is 16.8 Å². The highest BCUT2D eigenvalue weighted by Gasteiger charge is 2.26. The van der Waals surface area contributed by atoms with Crippen molar-refractivity contribution < 1.29 is 14.3 Å². The fourth-order valence-corrected chi connectivity index (χ4v) is 4.00. The third-order valence-corrected chi connectivity index (χ3v) is 5.60. The van der Waals surface area contributed by atoms with E-state index >= 15 is 0 Å². The molecule has 0 saturated carbocycles. The number of amides is 1. The Morgan fingerprint density at radius 3 is 2.83 bits per heavy atom. The van der Waals surface area contributed by atoms with Gasteiger partial charge in [-0.15, -0.1) is 0 Å². The fraction of sp³-hybridized carbons (Fsp3) is 0.333. The van der Waals surface area contributed by atoms with Crippen LogP contribution in [0.4, 0.5) is 0 Å². The van der Waals surface area contributed by atoms with Crippen molar-refractivity contribution in [2.45, 2.75) is 32.4 Å². The lowest BCUT2D eigenvalue weighted by atomic mass is 10.1. The second kappa shape index (κ2) is 8.71. The van der Waals surface area contributed by atoms with Gasteiger partial charge in [0.05, 0.1) is 30.8 Å². The third-order valence-electron chi connectivity index (χ3n) is 5.60. The number of aryl methyl sites for hydroxylation is 1. The topological polar surface area (TPSA) is 71.6 Å². The Hall–Kier alpha value is -3.12. The number of para-hydroxylation sites is 2. The number of nitrogens with one attached hydrogen (secondary N) is 1. The van der Waals surface area contributed by atoms with Gasteiger partial charge in [-0.05, 0) is 48.9 Å². The Labute approximate surface area is 175 Å². The maximum atomic E-state index is 13.4. The van der Waals surface area contributed by atoms with Gasteiger partial charge in [0.2, 0.25) is 0 Å². The standard InChI is InChI=1S/C24H26N2O4/c1-16-7-5-8-17-13-18(23(27)25-22(16)17)14-26(15-19-9-6-12-30-19)24(28)20-10-3-4-11-21(20)29-2/h3-5,7-8,10-11,13,19H,6,9,12,14-15H2,1-2H3,(H,25,27)/t19-/m0/s1. The molecule has 1 aromatic heterocycles. The molecule has 1 fully saturated rings. The van der Waals surface area contributed by atoms with Gasteiger partial charge in [0.1, 0.15) is 5.75 Å². The maximum Gasteiger partial charge on any atom is 0.258 e. The summed E-state index contributed by atoms with van der Waals surface area (Å²) in [4.78, 5) is 30.9.